The minimum absolute atomic E-state index is 0.188. The van der Waals surface area contributed by atoms with E-state index in [1.54, 1.807) is 39.5 Å². The zero-order valence-corrected chi connectivity index (χ0v) is 16.3. The molecule has 23 heavy (non-hydrogen) atoms. The predicted octanol–water partition coefficient (Wildman–Crippen LogP) is 5.30. The molecule has 0 unspecified atom stereocenters. The lowest BCUT2D eigenvalue weighted by Crippen LogP contribution is -2.24. The van der Waals surface area contributed by atoms with Crippen LogP contribution in [0.15, 0.2) is 0 Å². The molecule has 0 heterocycles. The first-order valence-corrected chi connectivity index (χ1v) is 10.9. The van der Waals surface area contributed by atoms with Gasteiger partial charge in [-0.3, -0.25) is 4.57 Å². The van der Waals surface area contributed by atoms with Gasteiger partial charge in [0.05, 0.1) is 12.2 Å². The summed E-state index contributed by atoms with van der Waals surface area (Å²) in [6.45, 7) is 6.45. The molecule has 0 saturated heterocycles. The van der Waals surface area contributed by atoms with Gasteiger partial charge in [0.2, 0.25) is 0 Å². The number of hydrogen-bond acceptors (Lipinski definition) is 5. The zero-order valence-electron chi connectivity index (χ0n) is 14.6. The lowest BCUT2D eigenvalue weighted by Gasteiger charge is -2.29. The van der Waals surface area contributed by atoms with E-state index in [1.807, 2.05) is 0 Å². The maximum Gasteiger partial charge on any atom is 0.400 e. The first kappa shape index (κ1) is 23.3. The summed E-state index contributed by atoms with van der Waals surface area (Å²) in [5.74, 6) is 1.70. The number of rotatable bonds is 14. The van der Waals surface area contributed by atoms with Gasteiger partial charge in [0.25, 0.3) is 0 Å². The number of aliphatic hydroxyl groups excluding tert-OH is 1. The van der Waals surface area contributed by atoms with Gasteiger partial charge in [-0.2, -0.15) is 20.5 Å². The molecule has 0 amide bonds. The first-order valence-electron chi connectivity index (χ1n) is 8.18. The molecule has 0 atom stereocenters. The van der Waals surface area contributed by atoms with Crippen molar-refractivity contribution in [1.82, 2.24) is 0 Å². The molecule has 0 radical (unpaired) electrons. The van der Waals surface area contributed by atoms with Crippen LogP contribution in [0.25, 0.3) is 0 Å². The molecule has 0 spiro atoms. The van der Waals surface area contributed by atoms with Crippen molar-refractivity contribution < 1.29 is 27.5 Å². The average Bonchev–Trinajstić information content (AvgIpc) is 2.39. The fourth-order valence-electron chi connectivity index (χ4n) is 1.83. The van der Waals surface area contributed by atoms with E-state index in [0.29, 0.717) is 6.42 Å². The fourth-order valence-corrected chi connectivity index (χ4v) is 4.75. The van der Waals surface area contributed by atoms with E-state index in [9.17, 15) is 13.3 Å². The molecule has 0 aliphatic rings. The standard InChI is InChI=1S/C15H31F2O4PS/c1-13(2)20-22(19,21-14(3)4)15(16,17)9-5-7-11-23-12-8-6-10-18/h13-14,18H,5-12H2,1-4H3. The van der Waals surface area contributed by atoms with Gasteiger partial charge in [-0.15, -0.1) is 0 Å². The van der Waals surface area contributed by atoms with Crippen LogP contribution < -0.4 is 0 Å². The molecule has 4 nitrogen and oxygen atoms in total. The lowest BCUT2D eigenvalue weighted by molar-refractivity contribution is 0.0126. The van der Waals surface area contributed by atoms with Crippen LogP contribution in [0.4, 0.5) is 8.78 Å². The highest BCUT2D eigenvalue weighted by Crippen LogP contribution is 2.65. The predicted molar refractivity (Wildman–Crippen MR) is 92.5 cm³/mol. The average molecular weight is 376 g/mol. The minimum Gasteiger partial charge on any atom is -0.396 e. The summed E-state index contributed by atoms with van der Waals surface area (Å²) in [6.07, 6.45) is 0.918. The molecule has 0 aliphatic heterocycles. The highest BCUT2D eigenvalue weighted by atomic mass is 32.2. The van der Waals surface area contributed by atoms with Gasteiger partial charge >= 0.3 is 13.3 Å². The van der Waals surface area contributed by atoms with Crippen LogP contribution in [-0.2, 0) is 13.6 Å². The van der Waals surface area contributed by atoms with Gasteiger partial charge in [0.1, 0.15) is 0 Å². The molecular weight excluding hydrogens is 345 g/mol. The minimum atomic E-state index is -4.47. The van der Waals surface area contributed by atoms with Crippen molar-refractivity contribution in [2.24, 2.45) is 0 Å². The van der Waals surface area contributed by atoms with Crippen LogP contribution in [0.1, 0.15) is 59.8 Å². The monoisotopic (exact) mass is 376 g/mol. The molecule has 0 fully saturated rings. The summed E-state index contributed by atoms with van der Waals surface area (Å²) in [5, 5.41) is 8.65. The third kappa shape index (κ3) is 10.0. The Bertz CT molecular complexity index is 340. The summed E-state index contributed by atoms with van der Waals surface area (Å²) in [7, 11) is -4.47. The zero-order chi connectivity index (χ0) is 17.9. The summed E-state index contributed by atoms with van der Waals surface area (Å²) >= 11 is 1.69. The third-order valence-electron chi connectivity index (χ3n) is 2.81. The Balaban J connectivity index is 4.31. The second-order valence-electron chi connectivity index (χ2n) is 5.97. The SMILES string of the molecule is CC(C)OP(=O)(OC(C)C)C(F)(F)CCCCSCCCCO. The van der Waals surface area contributed by atoms with E-state index >= 15 is 0 Å². The summed E-state index contributed by atoms with van der Waals surface area (Å²) in [4.78, 5) is 0. The number of aliphatic hydroxyl groups is 1. The highest BCUT2D eigenvalue weighted by molar-refractivity contribution is 7.99. The summed E-state index contributed by atoms with van der Waals surface area (Å²) < 4.78 is 51.1. The molecule has 0 rings (SSSR count). The van der Waals surface area contributed by atoms with E-state index in [0.717, 1.165) is 24.3 Å². The Morgan fingerprint density at radius 3 is 1.91 bits per heavy atom. The molecule has 1 N–H and O–H groups in total. The van der Waals surface area contributed by atoms with E-state index < -0.39 is 31.9 Å². The van der Waals surface area contributed by atoms with E-state index in [-0.39, 0.29) is 13.0 Å². The molecule has 0 aromatic carbocycles. The van der Waals surface area contributed by atoms with Crippen LogP contribution >= 0.6 is 19.4 Å². The number of hydrogen-bond donors (Lipinski definition) is 1. The van der Waals surface area contributed by atoms with E-state index in [1.165, 1.54) is 0 Å². The largest absolute Gasteiger partial charge is 0.400 e. The molecule has 140 valence electrons. The van der Waals surface area contributed by atoms with Gasteiger partial charge in [0.15, 0.2) is 0 Å². The Hall–Kier alpha value is 0.320. The topological polar surface area (TPSA) is 55.8 Å². The van der Waals surface area contributed by atoms with E-state index in [4.69, 9.17) is 14.2 Å². The van der Waals surface area contributed by atoms with Crippen molar-refractivity contribution in [3.05, 3.63) is 0 Å². The molecule has 0 aromatic heterocycles. The second kappa shape index (κ2) is 11.8. The first-order chi connectivity index (χ1) is 10.6. The Labute approximate surface area is 143 Å². The smallest absolute Gasteiger partial charge is 0.396 e. The second-order valence-corrected chi connectivity index (χ2v) is 9.27. The number of alkyl halides is 2. The quantitative estimate of drug-likeness (QED) is 0.329. The molecule has 0 aliphatic carbocycles. The van der Waals surface area contributed by atoms with Crippen molar-refractivity contribution >= 4 is 19.4 Å². The third-order valence-corrected chi connectivity index (χ3v) is 6.39. The highest BCUT2D eigenvalue weighted by Gasteiger charge is 2.53. The molecule has 0 saturated carbocycles. The van der Waals surface area contributed by atoms with Crippen molar-refractivity contribution in [3.63, 3.8) is 0 Å². The van der Waals surface area contributed by atoms with Crippen molar-refractivity contribution in [3.8, 4) is 0 Å². The van der Waals surface area contributed by atoms with Gasteiger partial charge in [-0.25, -0.2) is 0 Å². The molecule has 8 heteroatoms. The van der Waals surface area contributed by atoms with Crippen LogP contribution in [0.5, 0.6) is 0 Å². The molecule has 0 bridgehead atoms. The van der Waals surface area contributed by atoms with Gasteiger partial charge < -0.3 is 14.2 Å². The lowest BCUT2D eigenvalue weighted by atomic mass is 10.2. The van der Waals surface area contributed by atoms with Crippen molar-refractivity contribution in [2.75, 3.05) is 18.1 Å². The summed E-state index contributed by atoms with van der Waals surface area (Å²) in [5.41, 5.74) is -3.47. The Kier molecular flexibility index (Phi) is 12.0. The van der Waals surface area contributed by atoms with Gasteiger partial charge in [0, 0.05) is 13.0 Å². The van der Waals surface area contributed by atoms with Crippen LogP contribution in [0.3, 0.4) is 0 Å². The van der Waals surface area contributed by atoms with Gasteiger partial charge in [-0.1, -0.05) is 0 Å². The van der Waals surface area contributed by atoms with Crippen LogP contribution in [-0.4, -0.2) is 41.1 Å². The molecule has 0 aromatic rings. The molecular formula is C15H31F2O4PS. The van der Waals surface area contributed by atoms with Crippen LogP contribution in [0.2, 0.25) is 0 Å². The normalized spacial score (nSPS) is 13.3. The number of halogens is 2. The van der Waals surface area contributed by atoms with Gasteiger partial charge in [-0.05, 0) is 64.9 Å². The Morgan fingerprint density at radius 1 is 1.00 bits per heavy atom. The maximum absolute atomic E-state index is 14.3. The number of thioether (sulfide) groups is 1. The number of unbranched alkanes of at least 4 members (excludes halogenated alkanes) is 2. The Morgan fingerprint density at radius 2 is 1.48 bits per heavy atom. The van der Waals surface area contributed by atoms with Crippen molar-refractivity contribution in [1.29, 1.82) is 0 Å². The van der Waals surface area contributed by atoms with Crippen LogP contribution in [0, 0.1) is 0 Å². The maximum atomic E-state index is 14.3. The van der Waals surface area contributed by atoms with Crippen molar-refractivity contribution in [2.45, 2.75) is 77.7 Å². The summed E-state index contributed by atoms with van der Waals surface area (Å²) in [6, 6.07) is 0. The van der Waals surface area contributed by atoms with E-state index in [2.05, 4.69) is 0 Å². The fraction of sp³-hybridized carbons (Fsp3) is 1.00.